The highest BCUT2D eigenvalue weighted by Gasteiger charge is 2.24. The molecule has 11 heteroatoms. The maximum atomic E-state index is 14.6. The third kappa shape index (κ3) is 4.57. The minimum absolute atomic E-state index is 0.00170. The summed E-state index contributed by atoms with van der Waals surface area (Å²) in [6, 6.07) is 2.11. The van der Waals surface area contributed by atoms with Crippen molar-refractivity contribution in [2.45, 2.75) is 37.8 Å². The standard InChI is InChI=1S/C19H24FN7O3/c1-30-19(29)10-6-9(8-24-15(10)22)25-17-11(16(23)28)7-12(20)18(27-17)26-14-5-3-2-4-13(14)21/h6-8,13-14H,2-5,21H2,1H3,(H2,22,24)(H2,23,28)(H2,25,26,27). The lowest BCUT2D eigenvalue weighted by Crippen LogP contribution is -2.43. The Hall–Kier alpha value is -3.47. The number of primary amides is 1. The number of hydrogen-bond donors (Lipinski definition) is 5. The van der Waals surface area contributed by atoms with E-state index in [0.29, 0.717) is 0 Å². The molecule has 1 saturated carbocycles. The number of ether oxygens (including phenoxy) is 1. The molecule has 0 radical (unpaired) electrons. The van der Waals surface area contributed by atoms with Gasteiger partial charge in [-0.3, -0.25) is 4.79 Å². The van der Waals surface area contributed by atoms with Gasteiger partial charge in [0.05, 0.1) is 24.6 Å². The van der Waals surface area contributed by atoms with E-state index < -0.39 is 17.7 Å². The van der Waals surface area contributed by atoms with Gasteiger partial charge in [-0.1, -0.05) is 12.8 Å². The zero-order chi connectivity index (χ0) is 21.8. The van der Waals surface area contributed by atoms with E-state index in [-0.39, 0.29) is 46.4 Å². The van der Waals surface area contributed by atoms with Crippen LogP contribution in [0.3, 0.4) is 0 Å². The summed E-state index contributed by atoms with van der Waals surface area (Å²) in [6.45, 7) is 0. The van der Waals surface area contributed by atoms with E-state index in [0.717, 1.165) is 31.7 Å². The second-order valence-corrected chi connectivity index (χ2v) is 7.05. The summed E-state index contributed by atoms with van der Waals surface area (Å²) >= 11 is 0. The fourth-order valence-electron chi connectivity index (χ4n) is 3.34. The number of aromatic nitrogens is 2. The van der Waals surface area contributed by atoms with Crippen LogP contribution in [0.25, 0.3) is 0 Å². The minimum atomic E-state index is -0.874. The summed E-state index contributed by atoms with van der Waals surface area (Å²) in [6.07, 6.45) is 4.95. The molecule has 2 aromatic heterocycles. The van der Waals surface area contributed by atoms with E-state index in [1.54, 1.807) is 0 Å². The van der Waals surface area contributed by atoms with Gasteiger partial charge in [0.1, 0.15) is 17.2 Å². The highest BCUT2D eigenvalue weighted by Crippen LogP contribution is 2.27. The molecular weight excluding hydrogens is 393 g/mol. The average Bonchev–Trinajstić information content (AvgIpc) is 2.72. The normalized spacial score (nSPS) is 18.5. The molecule has 0 aromatic carbocycles. The number of anilines is 4. The van der Waals surface area contributed by atoms with Gasteiger partial charge in [0.15, 0.2) is 11.6 Å². The lowest BCUT2D eigenvalue weighted by Gasteiger charge is -2.30. The molecule has 1 aliphatic carbocycles. The molecule has 0 spiro atoms. The van der Waals surface area contributed by atoms with Crippen molar-refractivity contribution in [2.75, 3.05) is 23.5 Å². The van der Waals surface area contributed by atoms with Gasteiger partial charge in [-0.2, -0.15) is 0 Å². The topological polar surface area (TPSA) is 171 Å². The molecule has 3 rings (SSSR count). The first kappa shape index (κ1) is 21.2. The van der Waals surface area contributed by atoms with Crippen molar-refractivity contribution in [2.24, 2.45) is 11.5 Å². The van der Waals surface area contributed by atoms with Crippen LogP contribution >= 0.6 is 0 Å². The number of pyridine rings is 2. The quantitative estimate of drug-likeness (QED) is 0.437. The number of esters is 1. The summed E-state index contributed by atoms with van der Waals surface area (Å²) in [4.78, 5) is 31.8. The van der Waals surface area contributed by atoms with Crippen LogP contribution in [-0.2, 0) is 4.74 Å². The maximum Gasteiger partial charge on any atom is 0.341 e. The Morgan fingerprint density at radius 1 is 1.20 bits per heavy atom. The smallest absolute Gasteiger partial charge is 0.341 e. The molecule has 2 heterocycles. The van der Waals surface area contributed by atoms with E-state index in [9.17, 15) is 14.0 Å². The van der Waals surface area contributed by atoms with E-state index >= 15 is 0 Å². The zero-order valence-electron chi connectivity index (χ0n) is 16.4. The fraction of sp³-hybridized carbons (Fsp3) is 0.368. The molecular formula is C19H24FN7O3. The largest absolute Gasteiger partial charge is 0.465 e. The van der Waals surface area contributed by atoms with E-state index in [1.807, 2.05) is 0 Å². The third-order valence-electron chi connectivity index (χ3n) is 4.97. The summed E-state index contributed by atoms with van der Waals surface area (Å²) in [5, 5.41) is 5.87. The van der Waals surface area contributed by atoms with Crippen LogP contribution in [0.1, 0.15) is 46.4 Å². The summed E-state index contributed by atoms with van der Waals surface area (Å²) < 4.78 is 19.3. The van der Waals surface area contributed by atoms with Crippen LogP contribution in [0, 0.1) is 5.82 Å². The lowest BCUT2D eigenvalue weighted by molar-refractivity contribution is 0.0601. The molecule has 2 atom stereocenters. The Morgan fingerprint density at radius 3 is 2.60 bits per heavy atom. The lowest BCUT2D eigenvalue weighted by atomic mass is 9.91. The number of hydrogen-bond acceptors (Lipinski definition) is 9. The molecule has 30 heavy (non-hydrogen) atoms. The Kier molecular flexibility index (Phi) is 6.31. The highest BCUT2D eigenvalue weighted by atomic mass is 19.1. The van der Waals surface area contributed by atoms with E-state index in [2.05, 4.69) is 25.3 Å². The molecule has 2 aromatic rings. The molecule has 1 aliphatic rings. The number of nitrogens with two attached hydrogens (primary N) is 3. The number of carbonyl (C=O) groups excluding carboxylic acids is 2. The van der Waals surface area contributed by atoms with Gasteiger partial charge in [0, 0.05) is 12.1 Å². The van der Waals surface area contributed by atoms with Crippen molar-refractivity contribution in [1.82, 2.24) is 9.97 Å². The number of amides is 1. The first-order valence-corrected chi connectivity index (χ1v) is 9.43. The fourth-order valence-corrected chi connectivity index (χ4v) is 3.34. The Balaban J connectivity index is 1.95. The number of carbonyl (C=O) groups is 2. The number of nitrogens with one attached hydrogen (secondary N) is 2. The summed E-state index contributed by atoms with van der Waals surface area (Å²) in [5.74, 6) is -2.36. The summed E-state index contributed by atoms with van der Waals surface area (Å²) in [7, 11) is 1.21. The van der Waals surface area contributed by atoms with Gasteiger partial charge in [0.2, 0.25) is 0 Å². The first-order valence-electron chi connectivity index (χ1n) is 9.43. The molecule has 0 bridgehead atoms. The molecule has 8 N–H and O–H groups in total. The van der Waals surface area contributed by atoms with Crippen molar-refractivity contribution in [1.29, 1.82) is 0 Å². The Morgan fingerprint density at radius 2 is 1.93 bits per heavy atom. The highest BCUT2D eigenvalue weighted by molar-refractivity contribution is 5.99. The summed E-state index contributed by atoms with van der Waals surface area (Å²) in [5.41, 5.74) is 17.3. The van der Waals surface area contributed by atoms with Gasteiger partial charge in [-0.15, -0.1) is 0 Å². The maximum absolute atomic E-state index is 14.6. The average molecular weight is 417 g/mol. The van der Waals surface area contributed by atoms with Gasteiger partial charge < -0.3 is 32.6 Å². The van der Waals surface area contributed by atoms with E-state index in [4.69, 9.17) is 17.2 Å². The molecule has 10 nitrogen and oxygen atoms in total. The van der Waals surface area contributed by atoms with Crippen molar-refractivity contribution >= 4 is 35.0 Å². The minimum Gasteiger partial charge on any atom is -0.465 e. The van der Waals surface area contributed by atoms with Crippen LogP contribution in [0.15, 0.2) is 18.3 Å². The van der Waals surface area contributed by atoms with Crippen molar-refractivity contribution in [3.8, 4) is 0 Å². The van der Waals surface area contributed by atoms with Crippen molar-refractivity contribution in [3.05, 3.63) is 35.3 Å². The van der Waals surface area contributed by atoms with Crippen LogP contribution < -0.4 is 27.8 Å². The van der Waals surface area contributed by atoms with Crippen LogP contribution in [0.5, 0.6) is 0 Å². The monoisotopic (exact) mass is 417 g/mol. The Bertz CT molecular complexity index is 969. The number of nitrogens with zero attached hydrogens (tertiary/aromatic N) is 2. The van der Waals surface area contributed by atoms with Gasteiger partial charge >= 0.3 is 5.97 Å². The number of methoxy groups -OCH3 is 1. The van der Waals surface area contributed by atoms with E-state index in [1.165, 1.54) is 19.4 Å². The number of nitrogen functional groups attached to an aromatic ring is 1. The third-order valence-corrected chi connectivity index (χ3v) is 4.97. The zero-order valence-corrected chi connectivity index (χ0v) is 16.4. The second kappa shape index (κ2) is 8.91. The van der Waals surface area contributed by atoms with Gasteiger partial charge in [0.25, 0.3) is 5.91 Å². The molecule has 160 valence electrons. The number of halogens is 1. The Labute approximate surface area is 172 Å². The molecule has 2 unspecified atom stereocenters. The van der Waals surface area contributed by atoms with Crippen molar-refractivity contribution in [3.63, 3.8) is 0 Å². The predicted octanol–water partition coefficient (Wildman–Crippen LogP) is 1.51. The van der Waals surface area contributed by atoms with Gasteiger partial charge in [-0.05, 0) is 25.0 Å². The van der Waals surface area contributed by atoms with Crippen molar-refractivity contribution < 1.29 is 18.7 Å². The molecule has 0 saturated heterocycles. The second-order valence-electron chi connectivity index (χ2n) is 7.05. The number of rotatable bonds is 6. The first-order chi connectivity index (χ1) is 14.3. The van der Waals surface area contributed by atoms with Crippen LogP contribution in [0.4, 0.5) is 27.5 Å². The van der Waals surface area contributed by atoms with Crippen LogP contribution in [0.2, 0.25) is 0 Å². The molecule has 1 amide bonds. The SMILES string of the molecule is COC(=O)c1cc(Nc2nc(NC3CCCCC3N)c(F)cc2C(N)=O)cnc1N. The molecule has 1 fully saturated rings. The molecule has 0 aliphatic heterocycles. The predicted molar refractivity (Wildman–Crippen MR) is 110 cm³/mol. The van der Waals surface area contributed by atoms with Gasteiger partial charge in [-0.25, -0.2) is 19.2 Å². The van der Waals surface area contributed by atoms with Crippen LogP contribution in [-0.4, -0.2) is 41.0 Å².